The molecule has 0 fully saturated rings. The molecule has 1 aromatic heterocycles. The van der Waals surface area contributed by atoms with E-state index in [1.54, 1.807) is 0 Å². The highest BCUT2D eigenvalue weighted by Gasteiger charge is 1.97. The second kappa shape index (κ2) is 10.2. The van der Waals surface area contributed by atoms with Crippen LogP contribution in [0.5, 0.6) is 0 Å². The van der Waals surface area contributed by atoms with E-state index < -0.39 is 0 Å². The number of nitrogens with one attached hydrogen (secondary N) is 1. The maximum Gasteiger partial charge on any atom is 0.117 e. The van der Waals surface area contributed by atoms with Gasteiger partial charge in [-0.15, -0.1) is 0 Å². The number of hydrogen-bond donors (Lipinski definition) is 1. The molecule has 2 heteroatoms. The molecule has 0 aromatic carbocycles. The van der Waals surface area contributed by atoms with E-state index in [9.17, 15) is 0 Å². The van der Waals surface area contributed by atoms with Crippen LogP contribution in [0.3, 0.4) is 0 Å². The maximum absolute atomic E-state index is 5.50. The zero-order chi connectivity index (χ0) is 13.1. The average molecular weight is 251 g/mol. The van der Waals surface area contributed by atoms with Gasteiger partial charge < -0.3 is 9.73 Å². The van der Waals surface area contributed by atoms with E-state index in [4.69, 9.17) is 4.42 Å². The minimum Gasteiger partial charge on any atom is -0.465 e. The molecule has 0 aliphatic rings. The summed E-state index contributed by atoms with van der Waals surface area (Å²) in [6, 6.07) is 4.07. The lowest BCUT2D eigenvalue weighted by Gasteiger charge is -2.03. The van der Waals surface area contributed by atoms with Crippen LogP contribution in [0.25, 0.3) is 0 Å². The smallest absolute Gasteiger partial charge is 0.117 e. The molecule has 0 unspecified atom stereocenters. The Hall–Kier alpha value is -0.760. The van der Waals surface area contributed by atoms with Crippen molar-refractivity contribution in [2.75, 3.05) is 6.54 Å². The minimum atomic E-state index is 0.865. The number of aryl methyl sites for hydroxylation is 1. The Morgan fingerprint density at radius 1 is 0.944 bits per heavy atom. The summed E-state index contributed by atoms with van der Waals surface area (Å²) in [6.07, 6.45) is 11.0. The zero-order valence-electron chi connectivity index (χ0n) is 12.1. The Labute approximate surface area is 112 Å². The lowest BCUT2D eigenvalue weighted by molar-refractivity contribution is 0.457. The summed E-state index contributed by atoms with van der Waals surface area (Å²) in [5, 5.41) is 3.43. The normalized spacial score (nSPS) is 11.0. The molecule has 0 radical (unpaired) electrons. The highest BCUT2D eigenvalue weighted by molar-refractivity contribution is 5.04. The highest BCUT2D eigenvalue weighted by atomic mass is 16.3. The number of rotatable bonds is 11. The van der Waals surface area contributed by atoms with Gasteiger partial charge in [0.1, 0.15) is 11.5 Å². The Morgan fingerprint density at radius 3 is 2.22 bits per heavy atom. The second-order valence-corrected chi connectivity index (χ2v) is 5.16. The molecule has 0 saturated carbocycles. The van der Waals surface area contributed by atoms with Gasteiger partial charge in [0.05, 0.1) is 6.54 Å². The highest BCUT2D eigenvalue weighted by Crippen LogP contribution is 2.08. The van der Waals surface area contributed by atoms with Gasteiger partial charge in [-0.1, -0.05) is 51.9 Å². The van der Waals surface area contributed by atoms with E-state index in [0.717, 1.165) is 24.6 Å². The van der Waals surface area contributed by atoms with E-state index in [2.05, 4.69) is 18.3 Å². The van der Waals surface area contributed by atoms with Crippen LogP contribution in [0.15, 0.2) is 16.5 Å². The predicted octanol–water partition coefficient (Wildman–Crippen LogP) is 4.82. The molecule has 1 aromatic rings. The fourth-order valence-electron chi connectivity index (χ4n) is 2.18. The van der Waals surface area contributed by atoms with Crippen LogP contribution in [-0.2, 0) is 6.54 Å². The fourth-order valence-corrected chi connectivity index (χ4v) is 2.18. The summed E-state index contributed by atoms with van der Waals surface area (Å²) in [5.74, 6) is 2.05. The molecule has 18 heavy (non-hydrogen) atoms. The van der Waals surface area contributed by atoms with Gasteiger partial charge in [-0.25, -0.2) is 0 Å². The predicted molar refractivity (Wildman–Crippen MR) is 77.8 cm³/mol. The Kier molecular flexibility index (Phi) is 8.66. The first-order valence-corrected chi connectivity index (χ1v) is 7.59. The van der Waals surface area contributed by atoms with E-state index >= 15 is 0 Å². The van der Waals surface area contributed by atoms with Gasteiger partial charge in [0.2, 0.25) is 0 Å². The molecule has 0 amide bonds. The molecule has 0 aliphatic heterocycles. The maximum atomic E-state index is 5.50. The summed E-state index contributed by atoms with van der Waals surface area (Å²) in [5.41, 5.74) is 0. The van der Waals surface area contributed by atoms with Crippen molar-refractivity contribution in [1.29, 1.82) is 0 Å². The molecular weight excluding hydrogens is 222 g/mol. The van der Waals surface area contributed by atoms with Crippen molar-refractivity contribution in [3.8, 4) is 0 Å². The van der Waals surface area contributed by atoms with E-state index in [0.29, 0.717) is 0 Å². The quantitative estimate of drug-likeness (QED) is 0.570. The summed E-state index contributed by atoms with van der Waals surface area (Å²) in [7, 11) is 0. The molecule has 0 bridgehead atoms. The lowest BCUT2D eigenvalue weighted by Crippen LogP contribution is -2.14. The summed E-state index contributed by atoms with van der Waals surface area (Å²) < 4.78 is 5.50. The number of unbranched alkanes of at least 4 members (excludes halogenated alkanes) is 7. The minimum absolute atomic E-state index is 0.865. The lowest BCUT2D eigenvalue weighted by atomic mass is 10.1. The third-order valence-corrected chi connectivity index (χ3v) is 3.30. The zero-order valence-corrected chi connectivity index (χ0v) is 12.1. The third kappa shape index (κ3) is 7.54. The standard InChI is InChI=1S/C16H29NO/c1-3-4-5-6-7-8-9-10-13-17-14-16-12-11-15(2)18-16/h11-12,17H,3-10,13-14H2,1-2H3. The monoisotopic (exact) mass is 251 g/mol. The van der Waals surface area contributed by atoms with Gasteiger partial charge in [-0.3, -0.25) is 0 Å². The first-order chi connectivity index (χ1) is 8.83. The van der Waals surface area contributed by atoms with Gasteiger partial charge >= 0.3 is 0 Å². The Morgan fingerprint density at radius 2 is 1.61 bits per heavy atom. The molecule has 0 saturated heterocycles. The third-order valence-electron chi connectivity index (χ3n) is 3.30. The molecule has 2 nitrogen and oxygen atoms in total. The fraction of sp³-hybridized carbons (Fsp3) is 0.750. The molecular formula is C16H29NO. The van der Waals surface area contributed by atoms with Crippen LogP contribution >= 0.6 is 0 Å². The topological polar surface area (TPSA) is 25.2 Å². The number of furan rings is 1. The van der Waals surface area contributed by atoms with Crippen LogP contribution in [0.2, 0.25) is 0 Å². The van der Waals surface area contributed by atoms with Crippen molar-refractivity contribution in [3.05, 3.63) is 23.7 Å². The van der Waals surface area contributed by atoms with E-state index in [-0.39, 0.29) is 0 Å². The van der Waals surface area contributed by atoms with Crippen molar-refractivity contribution < 1.29 is 4.42 Å². The van der Waals surface area contributed by atoms with Crippen LogP contribution in [0.1, 0.15) is 69.8 Å². The molecule has 0 spiro atoms. The molecule has 1 N–H and O–H groups in total. The largest absolute Gasteiger partial charge is 0.465 e. The first kappa shape index (κ1) is 15.3. The van der Waals surface area contributed by atoms with Crippen LogP contribution in [0.4, 0.5) is 0 Å². The van der Waals surface area contributed by atoms with Gasteiger partial charge in [0.15, 0.2) is 0 Å². The van der Waals surface area contributed by atoms with Gasteiger partial charge in [0.25, 0.3) is 0 Å². The van der Waals surface area contributed by atoms with Gasteiger partial charge in [0, 0.05) is 0 Å². The van der Waals surface area contributed by atoms with Crippen molar-refractivity contribution in [2.45, 2.75) is 71.8 Å². The van der Waals surface area contributed by atoms with Crippen molar-refractivity contribution >= 4 is 0 Å². The molecule has 104 valence electrons. The molecule has 0 aliphatic carbocycles. The first-order valence-electron chi connectivity index (χ1n) is 7.59. The van der Waals surface area contributed by atoms with E-state index in [1.807, 2.05) is 13.0 Å². The second-order valence-electron chi connectivity index (χ2n) is 5.16. The van der Waals surface area contributed by atoms with Crippen molar-refractivity contribution in [1.82, 2.24) is 5.32 Å². The van der Waals surface area contributed by atoms with E-state index in [1.165, 1.54) is 51.4 Å². The van der Waals surface area contributed by atoms with Crippen molar-refractivity contribution in [3.63, 3.8) is 0 Å². The molecule has 1 heterocycles. The summed E-state index contributed by atoms with van der Waals surface area (Å²) in [4.78, 5) is 0. The SMILES string of the molecule is CCCCCCCCCCNCc1ccc(C)o1. The van der Waals surface area contributed by atoms with Crippen LogP contribution in [0, 0.1) is 6.92 Å². The van der Waals surface area contributed by atoms with Crippen LogP contribution < -0.4 is 5.32 Å². The number of hydrogen-bond acceptors (Lipinski definition) is 2. The van der Waals surface area contributed by atoms with Gasteiger partial charge in [-0.05, 0) is 32.0 Å². The van der Waals surface area contributed by atoms with Gasteiger partial charge in [-0.2, -0.15) is 0 Å². The summed E-state index contributed by atoms with van der Waals surface area (Å²) in [6.45, 7) is 6.23. The average Bonchev–Trinajstić information content (AvgIpc) is 2.77. The Bertz CT molecular complexity index is 293. The van der Waals surface area contributed by atoms with Crippen LogP contribution in [-0.4, -0.2) is 6.54 Å². The summed E-state index contributed by atoms with van der Waals surface area (Å²) >= 11 is 0. The molecule has 1 rings (SSSR count). The molecule has 0 atom stereocenters. The Balaban J connectivity index is 1.81. The van der Waals surface area contributed by atoms with Crippen molar-refractivity contribution in [2.24, 2.45) is 0 Å².